The fourth-order valence-corrected chi connectivity index (χ4v) is 4.80. The van der Waals surface area contributed by atoms with Gasteiger partial charge in [0.05, 0.1) is 35.2 Å². The summed E-state index contributed by atoms with van der Waals surface area (Å²) in [5, 5.41) is 23.5. The first-order valence-corrected chi connectivity index (χ1v) is 12.4. The van der Waals surface area contributed by atoms with E-state index in [0.717, 1.165) is 0 Å². The fraction of sp³-hybridized carbons (Fsp3) is 0.462. The summed E-state index contributed by atoms with van der Waals surface area (Å²) in [6.07, 6.45) is 0. The molecule has 2 atom stereocenters. The van der Waals surface area contributed by atoms with Crippen LogP contribution in [0.3, 0.4) is 0 Å². The van der Waals surface area contributed by atoms with Gasteiger partial charge in [-0.05, 0) is 13.8 Å². The zero-order valence-corrected chi connectivity index (χ0v) is 23.8. The minimum absolute atomic E-state index is 0.0372. The summed E-state index contributed by atoms with van der Waals surface area (Å²) in [6.45, 7) is 3.76. The lowest BCUT2D eigenvalue weighted by Gasteiger charge is -2.44. The van der Waals surface area contributed by atoms with Crippen LogP contribution in [0, 0.1) is 20.2 Å². The molecule has 2 unspecified atom stereocenters. The van der Waals surface area contributed by atoms with Crippen LogP contribution >= 0.6 is 0 Å². The van der Waals surface area contributed by atoms with Crippen LogP contribution in [0.1, 0.15) is 34.6 Å². The Morgan fingerprint density at radius 1 is 0.750 bits per heavy atom. The van der Waals surface area contributed by atoms with E-state index in [1.54, 1.807) is 61.6 Å². The molecule has 0 spiro atoms. The van der Waals surface area contributed by atoms with Crippen molar-refractivity contribution in [2.75, 3.05) is 65.3 Å². The number of carbonyl (C=O) groups is 2. The molecule has 40 heavy (non-hydrogen) atoms. The van der Waals surface area contributed by atoms with Gasteiger partial charge in [0.2, 0.25) is 0 Å². The molecule has 0 N–H and O–H groups in total. The molecule has 14 heteroatoms. The molecule has 2 amide bonds. The maximum atomic E-state index is 13.7. The SMILES string of the molecule is COc1cc(N(C)C)c([N+](=O)[O-])cc1C(=O)N1CC(C)N(C(=O)c2cc([N+](=O)[O-])c(N(C)C)cc2OC)CC1C. The Labute approximate surface area is 231 Å². The highest BCUT2D eigenvalue weighted by molar-refractivity contribution is 6.01. The molecule has 1 fully saturated rings. The van der Waals surface area contributed by atoms with Crippen molar-refractivity contribution in [3.8, 4) is 11.5 Å². The van der Waals surface area contributed by atoms with Crippen molar-refractivity contribution in [2.24, 2.45) is 0 Å². The van der Waals surface area contributed by atoms with Gasteiger partial charge in [0.1, 0.15) is 22.9 Å². The standard InChI is InChI=1S/C26H34N6O8/c1-15-13-30(26(34)18-10-22(32(37)38)20(28(5)6)12-24(18)40-8)16(2)14-29(15)25(33)17-9-21(31(35)36)19(27(3)4)11-23(17)39-7/h9-12,15-16H,13-14H2,1-8H3. The molecule has 1 aliphatic heterocycles. The zero-order valence-electron chi connectivity index (χ0n) is 23.8. The molecule has 2 aromatic carbocycles. The minimum atomic E-state index is -0.553. The number of methoxy groups -OCH3 is 2. The third-order valence-electron chi connectivity index (χ3n) is 6.92. The molecule has 0 aliphatic carbocycles. The largest absolute Gasteiger partial charge is 0.496 e. The summed E-state index contributed by atoms with van der Waals surface area (Å²) in [7, 11) is 9.38. The van der Waals surface area contributed by atoms with Crippen molar-refractivity contribution in [1.29, 1.82) is 0 Å². The number of carbonyl (C=O) groups excluding carboxylic acids is 2. The Hall–Kier alpha value is -4.62. The van der Waals surface area contributed by atoms with E-state index in [4.69, 9.17) is 9.47 Å². The summed E-state index contributed by atoms with van der Waals surface area (Å²) in [5.74, 6) is -0.563. The lowest BCUT2D eigenvalue weighted by Crippen LogP contribution is -2.59. The van der Waals surface area contributed by atoms with Crippen molar-refractivity contribution in [3.05, 3.63) is 55.6 Å². The molecule has 3 rings (SSSR count). The second-order valence-corrected chi connectivity index (χ2v) is 10.00. The number of hydrogen-bond donors (Lipinski definition) is 0. The maximum absolute atomic E-state index is 13.7. The number of piperazine rings is 1. The lowest BCUT2D eigenvalue weighted by atomic mass is 10.0. The second kappa shape index (κ2) is 11.6. The smallest absolute Gasteiger partial charge is 0.293 e. The Bertz CT molecular complexity index is 1240. The molecule has 0 aromatic heterocycles. The molecule has 0 radical (unpaired) electrons. The first-order valence-electron chi connectivity index (χ1n) is 12.4. The van der Waals surface area contributed by atoms with E-state index in [2.05, 4.69) is 0 Å². The molecule has 14 nitrogen and oxygen atoms in total. The third kappa shape index (κ3) is 5.55. The number of amides is 2. The molecular formula is C26H34N6O8. The zero-order chi connectivity index (χ0) is 30.0. The molecule has 216 valence electrons. The van der Waals surface area contributed by atoms with Crippen LogP contribution in [-0.2, 0) is 0 Å². The lowest BCUT2D eigenvalue weighted by molar-refractivity contribution is -0.384. The molecule has 1 aliphatic rings. The molecule has 1 heterocycles. The van der Waals surface area contributed by atoms with Gasteiger partial charge < -0.3 is 29.1 Å². The third-order valence-corrected chi connectivity index (χ3v) is 6.92. The summed E-state index contributed by atoms with van der Waals surface area (Å²) in [4.78, 5) is 55.9. The van der Waals surface area contributed by atoms with E-state index in [1.165, 1.54) is 38.5 Å². The average molecular weight is 559 g/mol. The average Bonchev–Trinajstić information content (AvgIpc) is 2.91. The highest BCUT2D eigenvalue weighted by atomic mass is 16.6. The predicted octanol–water partition coefficient (Wildman–Crippen LogP) is 3.03. The van der Waals surface area contributed by atoms with Crippen LogP contribution in [0.15, 0.2) is 24.3 Å². The molecule has 0 saturated carbocycles. The summed E-state index contributed by atoms with van der Waals surface area (Å²) in [5.41, 5.74) is 0.180. The van der Waals surface area contributed by atoms with Crippen molar-refractivity contribution in [3.63, 3.8) is 0 Å². The Balaban J connectivity index is 1.95. The number of hydrogen-bond acceptors (Lipinski definition) is 10. The van der Waals surface area contributed by atoms with Crippen molar-refractivity contribution in [2.45, 2.75) is 25.9 Å². The van der Waals surface area contributed by atoms with Crippen LogP contribution in [0.4, 0.5) is 22.7 Å². The summed E-state index contributed by atoms with van der Waals surface area (Å²) >= 11 is 0. The van der Waals surface area contributed by atoms with Crippen LogP contribution in [-0.4, -0.2) is 99.0 Å². The van der Waals surface area contributed by atoms with Gasteiger partial charge in [-0.25, -0.2) is 0 Å². The summed E-state index contributed by atoms with van der Waals surface area (Å²) < 4.78 is 10.8. The molecule has 2 aromatic rings. The van der Waals surface area contributed by atoms with Gasteiger partial charge in [0.25, 0.3) is 23.2 Å². The van der Waals surface area contributed by atoms with Gasteiger partial charge in [0.15, 0.2) is 0 Å². The summed E-state index contributed by atoms with van der Waals surface area (Å²) in [6, 6.07) is 4.37. The van der Waals surface area contributed by atoms with Crippen LogP contribution in [0.5, 0.6) is 11.5 Å². The van der Waals surface area contributed by atoms with E-state index in [0.29, 0.717) is 11.4 Å². The quantitative estimate of drug-likeness (QED) is 0.349. The monoisotopic (exact) mass is 558 g/mol. The molecule has 0 bridgehead atoms. The van der Waals surface area contributed by atoms with Gasteiger partial charge in [0, 0.05) is 77.6 Å². The van der Waals surface area contributed by atoms with Gasteiger partial charge in [-0.2, -0.15) is 0 Å². The van der Waals surface area contributed by atoms with E-state index in [1.807, 2.05) is 0 Å². The number of anilines is 2. The van der Waals surface area contributed by atoms with Crippen molar-refractivity contribution in [1.82, 2.24) is 9.80 Å². The van der Waals surface area contributed by atoms with Gasteiger partial charge in [-0.3, -0.25) is 29.8 Å². The number of benzene rings is 2. The van der Waals surface area contributed by atoms with Gasteiger partial charge in [-0.15, -0.1) is 0 Å². The number of rotatable bonds is 8. The Morgan fingerprint density at radius 3 is 1.32 bits per heavy atom. The van der Waals surface area contributed by atoms with Crippen LogP contribution < -0.4 is 19.3 Å². The molecule has 1 saturated heterocycles. The topological polar surface area (TPSA) is 152 Å². The van der Waals surface area contributed by atoms with Gasteiger partial charge >= 0.3 is 0 Å². The van der Waals surface area contributed by atoms with Gasteiger partial charge in [-0.1, -0.05) is 0 Å². The second-order valence-electron chi connectivity index (χ2n) is 10.00. The van der Waals surface area contributed by atoms with E-state index in [9.17, 15) is 29.8 Å². The number of ether oxygens (including phenoxy) is 2. The highest BCUT2D eigenvalue weighted by Crippen LogP contribution is 2.37. The van der Waals surface area contributed by atoms with E-state index in [-0.39, 0.29) is 47.1 Å². The Kier molecular flexibility index (Phi) is 8.71. The Morgan fingerprint density at radius 2 is 1.07 bits per heavy atom. The normalized spacial score (nSPS) is 16.8. The number of nitrogens with zero attached hydrogens (tertiary/aromatic N) is 6. The number of nitro benzene ring substituents is 2. The number of nitro groups is 2. The van der Waals surface area contributed by atoms with E-state index >= 15 is 0 Å². The highest BCUT2D eigenvalue weighted by Gasteiger charge is 2.38. The van der Waals surface area contributed by atoms with Crippen LogP contribution in [0.25, 0.3) is 0 Å². The van der Waals surface area contributed by atoms with Crippen molar-refractivity contribution < 1.29 is 28.9 Å². The van der Waals surface area contributed by atoms with Crippen molar-refractivity contribution >= 4 is 34.6 Å². The fourth-order valence-electron chi connectivity index (χ4n) is 4.80. The first-order chi connectivity index (χ1) is 18.7. The first kappa shape index (κ1) is 29.9. The molecular weight excluding hydrogens is 524 g/mol. The minimum Gasteiger partial charge on any atom is -0.496 e. The predicted molar refractivity (Wildman–Crippen MR) is 149 cm³/mol. The van der Waals surface area contributed by atoms with E-state index < -0.39 is 33.7 Å². The maximum Gasteiger partial charge on any atom is 0.293 e. The van der Waals surface area contributed by atoms with Crippen LogP contribution in [0.2, 0.25) is 0 Å².